The van der Waals surface area contributed by atoms with Crippen LogP contribution in [-0.4, -0.2) is 20.7 Å². The number of nitrogens with one attached hydrogen (secondary N) is 1. The third kappa shape index (κ3) is 3.25. The molecule has 1 aromatic heterocycles. The largest absolute Gasteiger partial charge is 0.440 e. The summed E-state index contributed by atoms with van der Waals surface area (Å²) in [7, 11) is -3.68. The molecule has 5 nitrogen and oxygen atoms in total. The van der Waals surface area contributed by atoms with Gasteiger partial charge in [0.1, 0.15) is 0 Å². The number of hydrogen-bond donors (Lipinski definition) is 1. The summed E-state index contributed by atoms with van der Waals surface area (Å²) in [6.07, 6.45) is 3.37. The van der Waals surface area contributed by atoms with Crippen LogP contribution in [0.4, 0.5) is 0 Å². The van der Waals surface area contributed by atoms with Gasteiger partial charge in [-0.2, -0.15) is 0 Å². The van der Waals surface area contributed by atoms with E-state index in [0.717, 1.165) is 19.3 Å². The third-order valence-corrected chi connectivity index (χ3v) is 5.08. The van der Waals surface area contributed by atoms with Crippen LogP contribution < -0.4 is 4.72 Å². The summed E-state index contributed by atoms with van der Waals surface area (Å²) in [5.74, 6) is 0.964. The molecule has 19 heavy (non-hydrogen) atoms. The first kappa shape index (κ1) is 14.3. The zero-order valence-corrected chi connectivity index (χ0v) is 11.9. The van der Waals surface area contributed by atoms with Crippen LogP contribution in [0.1, 0.15) is 43.7 Å². The fourth-order valence-electron chi connectivity index (χ4n) is 2.64. The Kier molecular flexibility index (Phi) is 4.10. The second-order valence-corrected chi connectivity index (χ2v) is 7.04. The number of sulfonamides is 1. The number of aldehydes is 1. The third-order valence-electron chi connectivity index (χ3n) is 3.72. The number of carbonyl (C=O) groups excluding carboxylic acids is 1. The molecule has 1 aromatic rings. The molecule has 2 rings (SSSR count). The molecule has 1 N–H and O–H groups in total. The Hall–Kier alpha value is -1.14. The number of rotatable bonds is 4. The van der Waals surface area contributed by atoms with E-state index in [4.69, 9.17) is 4.42 Å². The average molecular weight is 285 g/mol. The van der Waals surface area contributed by atoms with Gasteiger partial charge in [-0.05, 0) is 43.2 Å². The maximum Gasteiger partial charge on any atom is 0.274 e. The van der Waals surface area contributed by atoms with E-state index in [1.165, 1.54) is 12.1 Å². The zero-order valence-electron chi connectivity index (χ0n) is 11.1. The van der Waals surface area contributed by atoms with Crippen molar-refractivity contribution in [1.29, 1.82) is 0 Å². The molecule has 6 heteroatoms. The fourth-order valence-corrected chi connectivity index (χ4v) is 3.96. The van der Waals surface area contributed by atoms with Gasteiger partial charge in [0.25, 0.3) is 10.0 Å². The Morgan fingerprint density at radius 2 is 2.05 bits per heavy atom. The first-order chi connectivity index (χ1) is 8.92. The van der Waals surface area contributed by atoms with E-state index in [0.29, 0.717) is 18.1 Å². The number of furan rings is 1. The van der Waals surface area contributed by atoms with Crippen LogP contribution in [0.5, 0.6) is 0 Å². The lowest BCUT2D eigenvalue weighted by atomic mass is 9.80. The monoisotopic (exact) mass is 285 g/mol. The Bertz CT molecular complexity index is 549. The van der Waals surface area contributed by atoms with Crippen LogP contribution in [0.25, 0.3) is 0 Å². The highest BCUT2D eigenvalue weighted by Crippen LogP contribution is 2.29. The van der Waals surface area contributed by atoms with Crippen molar-refractivity contribution in [2.75, 3.05) is 0 Å². The quantitative estimate of drug-likeness (QED) is 0.860. The smallest absolute Gasteiger partial charge is 0.274 e. The second kappa shape index (κ2) is 5.46. The Balaban J connectivity index is 2.10. The van der Waals surface area contributed by atoms with Crippen molar-refractivity contribution < 1.29 is 17.6 Å². The van der Waals surface area contributed by atoms with E-state index in [1.54, 1.807) is 0 Å². The maximum absolute atomic E-state index is 12.1. The molecular formula is C13H19NO4S. The minimum absolute atomic E-state index is 0.0192. The molecular weight excluding hydrogens is 266 g/mol. The molecule has 0 aliphatic heterocycles. The van der Waals surface area contributed by atoms with Gasteiger partial charge in [0.05, 0.1) is 0 Å². The molecule has 0 bridgehead atoms. The predicted molar refractivity (Wildman–Crippen MR) is 70.4 cm³/mol. The minimum Gasteiger partial charge on any atom is -0.440 e. The zero-order chi connectivity index (χ0) is 14.0. The normalized spacial score (nSPS) is 28.2. The molecule has 3 atom stereocenters. The summed E-state index contributed by atoms with van der Waals surface area (Å²) in [6.45, 7) is 4.24. The summed E-state index contributed by atoms with van der Waals surface area (Å²) in [4.78, 5) is 10.5. The molecule has 0 spiro atoms. The summed E-state index contributed by atoms with van der Waals surface area (Å²) < 4.78 is 31.9. The van der Waals surface area contributed by atoms with Gasteiger partial charge in [0, 0.05) is 6.04 Å². The van der Waals surface area contributed by atoms with Crippen molar-refractivity contribution in [3.8, 4) is 0 Å². The predicted octanol–water partition coefficient (Wildman–Crippen LogP) is 2.20. The lowest BCUT2D eigenvalue weighted by Gasteiger charge is -2.32. The minimum atomic E-state index is -3.68. The summed E-state index contributed by atoms with van der Waals surface area (Å²) in [5, 5.41) is -0.194. The first-order valence-electron chi connectivity index (χ1n) is 6.49. The SMILES string of the molecule is CC1CCC(NS(=O)(=O)c2ccc(C=O)o2)C(C)C1. The van der Waals surface area contributed by atoms with Crippen molar-refractivity contribution in [1.82, 2.24) is 4.72 Å². The van der Waals surface area contributed by atoms with Crippen molar-refractivity contribution in [3.63, 3.8) is 0 Å². The number of hydrogen-bond acceptors (Lipinski definition) is 4. The Morgan fingerprint density at radius 1 is 1.32 bits per heavy atom. The van der Waals surface area contributed by atoms with Gasteiger partial charge in [-0.1, -0.05) is 13.8 Å². The molecule has 1 heterocycles. The van der Waals surface area contributed by atoms with Crippen LogP contribution in [0, 0.1) is 11.8 Å². The molecule has 1 aliphatic carbocycles. The molecule has 1 saturated carbocycles. The Morgan fingerprint density at radius 3 is 2.63 bits per heavy atom. The molecule has 0 aromatic carbocycles. The second-order valence-electron chi connectivity index (χ2n) is 5.40. The topological polar surface area (TPSA) is 76.4 Å². The van der Waals surface area contributed by atoms with Crippen molar-refractivity contribution in [2.24, 2.45) is 11.8 Å². The van der Waals surface area contributed by atoms with Crippen LogP contribution >= 0.6 is 0 Å². The van der Waals surface area contributed by atoms with Crippen LogP contribution in [-0.2, 0) is 10.0 Å². The summed E-state index contributed by atoms with van der Waals surface area (Å²) in [5.41, 5.74) is 0. The van der Waals surface area contributed by atoms with E-state index in [1.807, 2.05) is 0 Å². The standard InChI is InChI=1S/C13H19NO4S/c1-9-3-5-12(10(2)7-9)14-19(16,17)13-6-4-11(8-15)18-13/h4,6,8-10,12,14H,3,5,7H2,1-2H3. The summed E-state index contributed by atoms with van der Waals surface area (Å²) >= 11 is 0. The highest BCUT2D eigenvalue weighted by Gasteiger charge is 2.30. The van der Waals surface area contributed by atoms with Gasteiger partial charge in [-0.3, -0.25) is 4.79 Å². The molecule has 0 saturated heterocycles. The Labute approximate surface area is 113 Å². The first-order valence-corrected chi connectivity index (χ1v) is 7.98. The van der Waals surface area contributed by atoms with E-state index in [-0.39, 0.29) is 16.9 Å². The average Bonchev–Trinajstić information content (AvgIpc) is 2.82. The lowest BCUT2D eigenvalue weighted by Crippen LogP contribution is -2.42. The van der Waals surface area contributed by atoms with Crippen molar-refractivity contribution in [3.05, 3.63) is 17.9 Å². The van der Waals surface area contributed by atoms with Crippen LogP contribution in [0.3, 0.4) is 0 Å². The van der Waals surface area contributed by atoms with Gasteiger partial charge >= 0.3 is 0 Å². The van der Waals surface area contributed by atoms with Gasteiger partial charge in [-0.25, -0.2) is 13.1 Å². The highest BCUT2D eigenvalue weighted by atomic mass is 32.2. The lowest BCUT2D eigenvalue weighted by molar-refractivity contribution is 0.109. The van der Waals surface area contributed by atoms with Gasteiger partial charge in [0.15, 0.2) is 12.0 Å². The maximum atomic E-state index is 12.1. The van der Waals surface area contributed by atoms with Crippen molar-refractivity contribution >= 4 is 16.3 Å². The fraction of sp³-hybridized carbons (Fsp3) is 0.615. The van der Waals surface area contributed by atoms with E-state index in [2.05, 4.69) is 18.6 Å². The number of carbonyl (C=O) groups is 1. The molecule has 0 radical (unpaired) electrons. The van der Waals surface area contributed by atoms with Gasteiger partial charge in [-0.15, -0.1) is 0 Å². The van der Waals surface area contributed by atoms with Gasteiger partial charge < -0.3 is 4.42 Å². The molecule has 1 fully saturated rings. The van der Waals surface area contributed by atoms with E-state index in [9.17, 15) is 13.2 Å². The molecule has 3 unspecified atom stereocenters. The van der Waals surface area contributed by atoms with E-state index < -0.39 is 10.0 Å². The van der Waals surface area contributed by atoms with Crippen molar-refractivity contribution in [2.45, 2.75) is 44.2 Å². The summed E-state index contributed by atoms with van der Waals surface area (Å²) in [6, 6.07) is 2.60. The molecule has 0 amide bonds. The van der Waals surface area contributed by atoms with Crippen LogP contribution in [0.2, 0.25) is 0 Å². The molecule has 106 valence electrons. The van der Waals surface area contributed by atoms with Crippen LogP contribution in [0.15, 0.2) is 21.6 Å². The van der Waals surface area contributed by atoms with E-state index >= 15 is 0 Å². The highest BCUT2D eigenvalue weighted by molar-refractivity contribution is 7.89. The molecule has 1 aliphatic rings. The van der Waals surface area contributed by atoms with Gasteiger partial charge in [0.2, 0.25) is 5.09 Å².